The van der Waals surface area contributed by atoms with Crippen molar-refractivity contribution in [2.75, 3.05) is 50.8 Å². The highest BCUT2D eigenvalue weighted by molar-refractivity contribution is 7.13. The molecule has 0 saturated carbocycles. The van der Waals surface area contributed by atoms with Crippen molar-refractivity contribution in [1.29, 1.82) is 0 Å². The Balaban J connectivity index is 0.000000645. The molecule has 1 aromatic carbocycles. The lowest BCUT2D eigenvalue weighted by molar-refractivity contribution is -0.122. The van der Waals surface area contributed by atoms with Gasteiger partial charge in [0, 0.05) is 37.1 Å². The molecule has 0 aliphatic carbocycles. The maximum Gasteiger partial charge on any atom is 0.290 e. The van der Waals surface area contributed by atoms with Gasteiger partial charge in [0.15, 0.2) is 5.78 Å². The third-order valence-electron chi connectivity index (χ3n) is 6.34. The fraction of sp³-hybridized carbons (Fsp3) is 0.571. The normalized spacial score (nSPS) is 26.1. The Morgan fingerprint density at radius 3 is 2.62 bits per heavy atom. The number of hydrogen-bond donors (Lipinski definition) is 1. The highest BCUT2D eigenvalue weighted by Gasteiger charge is 2.35. The summed E-state index contributed by atoms with van der Waals surface area (Å²) in [5.41, 5.74) is 1.90. The Labute approximate surface area is 174 Å². The maximum atomic E-state index is 12.9. The summed E-state index contributed by atoms with van der Waals surface area (Å²) < 4.78 is 11.1. The van der Waals surface area contributed by atoms with E-state index in [2.05, 4.69) is 32.4 Å². The minimum Gasteiger partial charge on any atom is -0.483 e. The fourth-order valence-corrected chi connectivity index (χ4v) is 5.63. The molecule has 1 N–H and O–H groups in total. The first kappa shape index (κ1) is 20.3. The van der Waals surface area contributed by atoms with E-state index in [1.165, 1.54) is 43.2 Å². The molecular formula is C21H27N3O4S. The molecule has 0 radical (unpaired) electrons. The largest absolute Gasteiger partial charge is 0.483 e. The van der Waals surface area contributed by atoms with E-state index in [9.17, 15) is 4.79 Å². The van der Waals surface area contributed by atoms with Gasteiger partial charge in [-0.1, -0.05) is 0 Å². The Hall–Kier alpha value is -2.03. The van der Waals surface area contributed by atoms with Gasteiger partial charge in [0.25, 0.3) is 6.47 Å². The van der Waals surface area contributed by atoms with E-state index >= 15 is 0 Å². The summed E-state index contributed by atoms with van der Waals surface area (Å²) in [7, 11) is 0. The standard InChI is InChI=1S/C20H25N3O2S.CH2O2/c24-18(11-15-13-22-5-3-14(15)4-6-22)20-17-2-1-16(12-19(17)26-21-20)23-7-9-25-10-8-23;2-1-3/h1-2,12,14-15H,3-11,13H2;1H,(H,2,3)/t15-;/m1./s1. The summed E-state index contributed by atoms with van der Waals surface area (Å²) in [4.78, 5) is 26.2. The van der Waals surface area contributed by atoms with Crippen LogP contribution in [0.3, 0.4) is 0 Å². The van der Waals surface area contributed by atoms with Crippen LogP contribution in [-0.2, 0) is 9.53 Å². The topological polar surface area (TPSA) is 83.0 Å². The number of fused-ring (bicyclic) bond motifs is 4. The zero-order valence-electron chi connectivity index (χ0n) is 16.5. The van der Waals surface area contributed by atoms with E-state index in [1.54, 1.807) is 0 Å². The van der Waals surface area contributed by atoms with Crippen molar-refractivity contribution in [2.24, 2.45) is 11.8 Å². The van der Waals surface area contributed by atoms with Gasteiger partial charge in [0.2, 0.25) is 0 Å². The van der Waals surface area contributed by atoms with E-state index < -0.39 is 0 Å². The number of ketones is 1. The first-order valence-electron chi connectivity index (χ1n) is 10.2. The lowest BCUT2D eigenvalue weighted by Crippen LogP contribution is -2.47. The Bertz CT molecular complexity index is 857. The Kier molecular flexibility index (Phi) is 6.42. The number of anilines is 1. The Morgan fingerprint density at radius 1 is 1.24 bits per heavy atom. The number of aromatic nitrogens is 1. The van der Waals surface area contributed by atoms with Crippen molar-refractivity contribution in [3.63, 3.8) is 0 Å². The smallest absolute Gasteiger partial charge is 0.290 e. The third-order valence-corrected chi connectivity index (χ3v) is 7.14. The summed E-state index contributed by atoms with van der Waals surface area (Å²) in [6, 6.07) is 6.41. The minimum atomic E-state index is -0.250. The van der Waals surface area contributed by atoms with Crippen molar-refractivity contribution in [3.8, 4) is 0 Å². The Morgan fingerprint density at radius 2 is 1.97 bits per heavy atom. The van der Waals surface area contributed by atoms with Gasteiger partial charge in [0.05, 0.1) is 17.9 Å². The lowest BCUT2D eigenvalue weighted by Gasteiger charge is -2.44. The number of benzene rings is 1. The fourth-order valence-electron chi connectivity index (χ4n) is 4.80. The van der Waals surface area contributed by atoms with Crippen molar-refractivity contribution >= 4 is 39.6 Å². The molecule has 0 amide bonds. The second-order valence-corrected chi connectivity index (χ2v) is 8.75. The van der Waals surface area contributed by atoms with Gasteiger partial charge >= 0.3 is 0 Å². The first-order valence-corrected chi connectivity index (χ1v) is 11.0. The van der Waals surface area contributed by atoms with Crippen molar-refractivity contribution in [3.05, 3.63) is 23.9 Å². The van der Waals surface area contributed by atoms with Gasteiger partial charge in [-0.2, -0.15) is 4.37 Å². The molecular weight excluding hydrogens is 390 g/mol. The lowest BCUT2D eigenvalue weighted by atomic mass is 9.76. The summed E-state index contributed by atoms with van der Waals surface area (Å²) in [6.45, 7) is 6.71. The van der Waals surface area contributed by atoms with Crippen molar-refractivity contribution in [1.82, 2.24) is 9.27 Å². The number of piperidine rings is 3. The molecule has 4 aliphatic heterocycles. The summed E-state index contributed by atoms with van der Waals surface area (Å²) in [6.07, 6.45) is 3.18. The molecule has 1 atom stereocenters. The number of nitrogens with zero attached hydrogens (tertiary/aromatic N) is 3. The highest BCUT2D eigenvalue weighted by atomic mass is 32.1. The number of carbonyl (C=O) groups excluding carboxylic acids is 1. The third kappa shape index (κ3) is 4.44. The zero-order chi connectivity index (χ0) is 20.2. The predicted molar refractivity (Wildman–Crippen MR) is 113 cm³/mol. The van der Waals surface area contributed by atoms with Crippen LogP contribution in [0.25, 0.3) is 10.1 Å². The van der Waals surface area contributed by atoms with E-state index in [-0.39, 0.29) is 12.3 Å². The molecule has 5 heterocycles. The second-order valence-electron chi connectivity index (χ2n) is 7.94. The molecule has 29 heavy (non-hydrogen) atoms. The average molecular weight is 418 g/mol. The van der Waals surface area contributed by atoms with Gasteiger partial charge in [-0.15, -0.1) is 0 Å². The molecule has 1 aromatic heterocycles. The number of carbonyl (C=O) groups is 2. The van der Waals surface area contributed by atoms with Crippen LogP contribution < -0.4 is 4.90 Å². The SMILES string of the molecule is O=C(C[C@@H]1CN2CCC1CC2)c1nsc2cc(N3CCOCC3)ccc12.O=CO. The van der Waals surface area contributed by atoms with Gasteiger partial charge in [-0.3, -0.25) is 9.59 Å². The molecule has 2 aromatic rings. The predicted octanol–water partition coefficient (Wildman–Crippen LogP) is 2.75. The molecule has 4 saturated heterocycles. The number of hydrogen-bond acceptors (Lipinski definition) is 7. The van der Waals surface area contributed by atoms with Crippen LogP contribution in [0, 0.1) is 11.8 Å². The summed E-state index contributed by atoms with van der Waals surface area (Å²) in [5, 5.41) is 7.92. The van der Waals surface area contributed by atoms with Gasteiger partial charge in [-0.05, 0) is 67.5 Å². The van der Waals surface area contributed by atoms with Crippen LogP contribution in [0.4, 0.5) is 5.69 Å². The van der Waals surface area contributed by atoms with E-state index in [0.717, 1.165) is 48.9 Å². The van der Waals surface area contributed by atoms with E-state index in [0.29, 0.717) is 18.0 Å². The van der Waals surface area contributed by atoms with Crippen LogP contribution in [0.5, 0.6) is 0 Å². The van der Waals surface area contributed by atoms with Crippen LogP contribution >= 0.6 is 11.5 Å². The van der Waals surface area contributed by atoms with E-state index in [1.807, 2.05) is 0 Å². The van der Waals surface area contributed by atoms with Crippen LogP contribution in [0.15, 0.2) is 18.2 Å². The molecule has 2 bridgehead atoms. The summed E-state index contributed by atoms with van der Waals surface area (Å²) >= 11 is 1.46. The number of carboxylic acid groups (broad SMARTS) is 1. The van der Waals surface area contributed by atoms with Crippen LogP contribution in [-0.4, -0.2) is 72.6 Å². The molecule has 4 aliphatic rings. The molecule has 0 unspecified atom stereocenters. The minimum absolute atomic E-state index is 0.231. The molecule has 156 valence electrons. The maximum absolute atomic E-state index is 12.9. The average Bonchev–Trinajstić information content (AvgIpc) is 3.19. The number of ether oxygens (including phenoxy) is 1. The molecule has 8 heteroatoms. The van der Waals surface area contributed by atoms with Crippen molar-refractivity contribution < 1.29 is 19.4 Å². The van der Waals surface area contributed by atoms with E-state index in [4.69, 9.17) is 14.6 Å². The molecule has 7 nitrogen and oxygen atoms in total. The van der Waals surface area contributed by atoms with Crippen LogP contribution in [0.2, 0.25) is 0 Å². The number of Topliss-reactive ketones (excluding diaryl/α,β-unsaturated/α-hetero) is 1. The van der Waals surface area contributed by atoms with Crippen molar-refractivity contribution in [2.45, 2.75) is 19.3 Å². The quantitative estimate of drug-likeness (QED) is 0.605. The number of morpholine rings is 1. The second kappa shape index (κ2) is 9.19. The van der Waals surface area contributed by atoms with Gasteiger partial charge in [0.1, 0.15) is 5.69 Å². The van der Waals surface area contributed by atoms with Gasteiger partial charge < -0.3 is 19.6 Å². The summed E-state index contributed by atoms with van der Waals surface area (Å²) in [5.74, 6) is 1.49. The zero-order valence-corrected chi connectivity index (χ0v) is 17.3. The van der Waals surface area contributed by atoms with Gasteiger partial charge in [-0.25, -0.2) is 0 Å². The first-order chi connectivity index (χ1) is 14.2. The molecule has 0 spiro atoms. The molecule has 4 fully saturated rings. The molecule has 6 rings (SSSR count). The number of rotatable bonds is 4. The van der Waals surface area contributed by atoms with Crippen LogP contribution in [0.1, 0.15) is 29.8 Å². The monoisotopic (exact) mass is 417 g/mol. The highest BCUT2D eigenvalue weighted by Crippen LogP contribution is 2.36.